The lowest BCUT2D eigenvalue weighted by molar-refractivity contribution is 0.432. The van der Waals surface area contributed by atoms with Crippen molar-refractivity contribution in [3.63, 3.8) is 0 Å². The van der Waals surface area contributed by atoms with Crippen LogP contribution in [0.5, 0.6) is 11.5 Å². The maximum atomic E-state index is 13.5. The summed E-state index contributed by atoms with van der Waals surface area (Å²) in [7, 11) is -2.55. The molecular weight excluding hydrogens is 247 g/mol. The van der Waals surface area contributed by atoms with Crippen LogP contribution in [-0.4, -0.2) is 21.5 Å². The highest BCUT2D eigenvalue weighted by Gasteiger charge is 2.47. The standard InChI is InChI=1S/C14H19O3P/c15-10-7-8-13(16)14(9-10)18(17)11-3-1-4-12(18)6-2-5-11/h7-9,11-12,15-16H,1-6H2. The van der Waals surface area contributed by atoms with Crippen LogP contribution in [0.3, 0.4) is 0 Å². The van der Waals surface area contributed by atoms with Gasteiger partial charge in [0, 0.05) is 11.3 Å². The normalized spacial score (nSPS) is 35.3. The van der Waals surface area contributed by atoms with Gasteiger partial charge in [-0.05, 0) is 43.9 Å². The molecule has 2 bridgehead atoms. The maximum Gasteiger partial charge on any atom is 0.126 e. The molecule has 3 rings (SSSR count). The van der Waals surface area contributed by atoms with E-state index in [4.69, 9.17) is 0 Å². The van der Waals surface area contributed by atoms with E-state index in [2.05, 4.69) is 0 Å². The highest BCUT2D eigenvalue weighted by Crippen LogP contribution is 2.66. The fraction of sp³-hybridized carbons (Fsp3) is 0.571. The molecule has 0 amide bonds. The van der Waals surface area contributed by atoms with Crippen LogP contribution in [0.2, 0.25) is 0 Å². The third-order valence-corrected chi connectivity index (χ3v) is 8.88. The van der Waals surface area contributed by atoms with Gasteiger partial charge in [0.05, 0.1) is 5.30 Å². The van der Waals surface area contributed by atoms with Crippen LogP contribution in [0.4, 0.5) is 0 Å². The van der Waals surface area contributed by atoms with E-state index < -0.39 is 7.14 Å². The van der Waals surface area contributed by atoms with Gasteiger partial charge in [-0.15, -0.1) is 0 Å². The van der Waals surface area contributed by atoms with Crippen LogP contribution in [0, 0.1) is 0 Å². The van der Waals surface area contributed by atoms with Gasteiger partial charge in [0.2, 0.25) is 0 Å². The summed E-state index contributed by atoms with van der Waals surface area (Å²) in [5.41, 5.74) is 0.440. The maximum absolute atomic E-state index is 13.5. The fourth-order valence-electron chi connectivity index (χ4n) is 3.72. The number of fused-ring (bicyclic) bond motifs is 2. The molecule has 0 unspecified atom stereocenters. The van der Waals surface area contributed by atoms with E-state index in [1.807, 2.05) is 0 Å². The van der Waals surface area contributed by atoms with Crippen LogP contribution in [0.25, 0.3) is 0 Å². The van der Waals surface area contributed by atoms with Crippen LogP contribution in [-0.2, 0) is 4.57 Å². The van der Waals surface area contributed by atoms with Crippen molar-refractivity contribution in [1.29, 1.82) is 0 Å². The van der Waals surface area contributed by atoms with E-state index in [1.165, 1.54) is 18.2 Å². The Labute approximate surface area is 107 Å². The van der Waals surface area contributed by atoms with Crippen molar-refractivity contribution >= 4 is 12.4 Å². The Kier molecular flexibility index (Phi) is 2.90. The molecule has 0 saturated carbocycles. The number of aromatic hydroxyl groups is 2. The number of phenolic OH excluding ortho intramolecular Hbond substituents is 2. The van der Waals surface area contributed by atoms with Crippen molar-refractivity contribution in [2.45, 2.75) is 49.8 Å². The van der Waals surface area contributed by atoms with Crippen molar-refractivity contribution in [3.05, 3.63) is 18.2 Å². The first-order valence-electron chi connectivity index (χ1n) is 6.74. The predicted octanol–water partition coefficient (Wildman–Crippen LogP) is 3.19. The first-order chi connectivity index (χ1) is 8.62. The number of phenols is 2. The Balaban J connectivity index is 2.13. The Morgan fingerprint density at radius 3 is 2.11 bits per heavy atom. The molecule has 1 aromatic carbocycles. The SMILES string of the molecule is O=P1(c2cc(O)ccc2O)C2CCCC1CCC2. The zero-order chi connectivity index (χ0) is 12.8. The van der Waals surface area contributed by atoms with Crippen molar-refractivity contribution in [3.8, 4) is 11.5 Å². The summed E-state index contributed by atoms with van der Waals surface area (Å²) < 4.78 is 13.5. The second kappa shape index (κ2) is 4.31. The lowest BCUT2D eigenvalue weighted by atomic mass is 9.99. The summed E-state index contributed by atoms with van der Waals surface area (Å²) in [4.78, 5) is 0. The van der Waals surface area contributed by atoms with Gasteiger partial charge in [0.25, 0.3) is 0 Å². The summed E-state index contributed by atoms with van der Waals surface area (Å²) in [5, 5.41) is 20.2. The lowest BCUT2D eigenvalue weighted by Crippen LogP contribution is -2.34. The third kappa shape index (κ3) is 1.68. The van der Waals surface area contributed by atoms with Gasteiger partial charge in [0.15, 0.2) is 0 Å². The molecule has 2 N–H and O–H groups in total. The van der Waals surface area contributed by atoms with Gasteiger partial charge in [0.1, 0.15) is 18.6 Å². The summed E-state index contributed by atoms with van der Waals surface area (Å²) in [6, 6.07) is 4.44. The van der Waals surface area contributed by atoms with Crippen molar-refractivity contribution in [2.75, 3.05) is 0 Å². The van der Waals surface area contributed by atoms with E-state index in [0.717, 1.165) is 38.5 Å². The monoisotopic (exact) mass is 266 g/mol. The van der Waals surface area contributed by atoms with Crippen molar-refractivity contribution in [2.24, 2.45) is 0 Å². The molecule has 3 nitrogen and oxygen atoms in total. The summed E-state index contributed by atoms with van der Waals surface area (Å²) in [6.07, 6.45) is 6.31. The minimum Gasteiger partial charge on any atom is -0.508 e. The molecule has 4 heteroatoms. The smallest absolute Gasteiger partial charge is 0.126 e. The first kappa shape index (κ1) is 12.1. The van der Waals surface area contributed by atoms with Crippen LogP contribution < -0.4 is 5.30 Å². The van der Waals surface area contributed by atoms with Gasteiger partial charge in [-0.2, -0.15) is 0 Å². The molecule has 2 fully saturated rings. The molecule has 2 aliphatic heterocycles. The molecule has 0 spiro atoms. The van der Waals surface area contributed by atoms with Crippen LogP contribution in [0.15, 0.2) is 18.2 Å². The van der Waals surface area contributed by atoms with Crippen LogP contribution >= 0.6 is 7.14 Å². The first-order valence-corrected chi connectivity index (χ1v) is 8.59. The minimum atomic E-state index is -2.55. The number of benzene rings is 1. The molecule has 2 heterocycles. The van der Waals surface area contributed by atoms with Crippen molar-refractivity contribution in [1.82, 2.24) is 0 Å². The highest BCUT2D eigenvalue weighted by atomic mass is 31.2. The lowest BCUT2D eigenvalue weighted by Gasteiger charge is -2.43. The molecule has 1 aromatic rings. The highest BCUT2D eigenvalue weighted by molar-refractivity contribution is 7.73. The fourth-order valence-corrected chi connectivity index (χ4v) is 8.13. The average molecular weight is 266 g/mol. The van der Waals surface area contributed by atoms with E-state index in [0.29, 0.717) is 5.30 Å². The summed E-state index contributed by atoms with van der Waals surface area (Å²) in [6.45, 7) is 0. The molecule has 18 heavy (non-hydrogen) atoms. The van der Waals surface area contributed by atoms with Gasteiger partial charge in [-0.1, -0.05) is 12.8 Å². The summed E-state index contributed by atoms with van der Waals surface area (Å²) in [5.74, 6) is 0.191. The van der Waals surface area contributed by atoms with Gasteiger partial charge in [-0.25, -0.2) is 0 Å². The largest absolute Gasteiger partial charge is 0.508 e. The van der Waals surface area contributed by atoms with E-state index in [-0.39, 0.29) is 22.8 Å². The Bertz CT molecular complexity index is 486. The van der Waals surface area contributed by atoms with Crippen molar-refractivity contribution < 1.29 is 14.8 Å². The average Bonchev–Trinajstić information content (AvgIpc) is 2.31. The van der Waals surface area contributed by atoms with E-state index >= 15 is 0 Å². The van der Waals surface area contributed by atoms with E-state index in [1.54, 1.807) is 0 Å². The molecule has 2 saturated heterocycles. The molecule has 2 aliphatic rings. The number of rotatable bonds is 1. The second-order valence-corrected chi connectivity index (χ2v) is 8.91. The van der Waals surface area contributed by atoms with Gasteiger partial charge >= 0.3 is 0 Å². The number of hydrogen-bond acceptors (Lipinski definition) is 3. The van der Waals surface area contributed by atoms with Crippen LogP contribution in [0.1, 0.15) is 38.5 Å². The molecule has 0 atom stereocenters. The Morgan fingerprint density at radius 1 is 1.00 bits per heavy atom. The molecular formula is C14H19O3P. The quantitative estimate of drug-likeness (QED) is 0.606. The second-order valence-electron chi connectivity index (χ2n) is 5.55. The topological polar surface area (TPSA) is 57.5 Å². The summed E-state index contributed by atoms with van der Waals surface area (Å²) >= 11 is 0. The predicted molar refractivity (Wildman–Crippen MR) is 72.3 cm³/mol. The van der Waals surface area contributed by atoms with Gasteiger partial charge < -0.3 is 14.8 Å². The Hall–Kier alpha value is -0.950. The zero-order valence-electron chi connectivity index (χ0n) is 10.4. The Morgan fingerprint density at radius 2 is 1.56 bits per heavy atom. The van der Waals surface area contributed by atoms with E-state index in [9.17, 15) is 14.8 Å². The molecule has 98 valence electrons. The van der Waals surface area contributed by atoms with Gasteiger partial charge in [-0.3, -0.25) is 0 Å². The zero-order valence-corrected chi connectivity index (χ0v) is 11.3. The minimum absolute atomic E-state index is 0.0925. The molecule has 0 aromatic heterocycles. The third-order valence-electron chi connectivity index (χ3n) is 4.57. The molecule has 0 aliphatic carbocycles. The number of hydrogen-bond donors (Lipinski definition) is 2. The molecule has 0 radical (unpaired) electrons.